The van der Waals surface area contributed by atoms with E-state index in [0.29, 0.717) is 15.8 Å². The van der Waals surface area contributed by atoms with Crippen LogP contribution in [0.5, 0.6) is 5.75 Å². The Morgan fingerprint density at radius 3 is 2.48 bits per heavy atom. The van der Waals surface area contributed by atoms with Gasteiger partial charge >= 0.3 is 0 Å². The number of aryl methyl sites for hydroxylation is 1. The van der Waals surface area contributed by atoms with Gasteiger partial charge in [-0.25, -0.2) is 4.39 Å². The summed E-state index contributed by atoms with van der Waals surface area (Å²) in [6, 6.07) is 11.7. The molecule has 0 bridgehead atoms. The maximum absolute atomic E-state index is 13.3. The van der Waals surface area contributed by atoms with E-state index in [1.54, 1.807) is 25.1 Å². The first-order valence-electron chi connectivity index (χ1n) is 6.75. The third kappa shape index (κ3) is 4.14. The minimum absolute atomic E-state index is 0.127. The van der Waals surface area contributed by atoms with Crippen molar-refractivity contribution in [2.24, 2.45) is 0 Å². The van der Waals surface area contributed by atoms with Crippen molar-refractivity contribution >= 4 is 21.7 Å². The van der Waals surface area contributed by atoms with E-state index in [9.17, 15) is 9.18 Å². The molecule has 0 aliphatic carbocycles. The first-order valence-corrected chi connectivity index (χ1v) is 7.55. The van der Waals surface area contributed by atoms with Gasteiger partial charge in [0.25, 0.3) is 0 Å². The van der Waals surface area contributed by atoms with Crippen LogP contribution in [0.4, 0.5) is 4.39 Å². The molecule has 2 nitrogen and oxygen atoms in total. The van der Waals surface area contributed by atoms with E-state index in [1.807, 2.05) is 12.1 Å². The number of hydrogen-bond donors (Lipinski definition) is 0. The fourth-order valence-corrected chi connectivity index (χ4v) is 2.44. The van der Waals surface area contributed by atoms with Crippen LogP contribution < -0.4 is 4.74 Å². The van der Waals surface area contributed by atoms with Gasteiger partial charge in [0.1, 0.15) is 11.6 Å². The predicted octanol–water partition coefficient (Wildman–Crippen LogP) is 4.80. The van der Waals surface area contributed by atoms with E-state index >= 15 is 0 Å². The topological polar surface area (TPSA) is 26.3 Å². The van der Waals surface area contributed by atoms with E-state index in [-0.39, 0.29) is 5.78 Å². The number of carbonyl (C=O) groups is 1. The molecule has 0 fully saturated rings. The largest absolute Gasteiger partial charge is 0.482 e. The van der Waals surface area contributed by atoms with Crippen LogP contribution in [0.15, 0.2) is 46.9 Å². The molecule has 0 spiro atoms. The molecule has 21 heavy (non-hydrogen) atoms. The van der Waals surface area contributed by atoms with Crippen molar-refractivity contribution in [2.75, 3.05) is 0 Å². The summed E-state index contributed by atoms with van der Waals surface area (Å²) >= 11 is 3.20. The third-order valence-electron chi connectivity index (χ3n) is 3.16. The summed E-state index contributed by atoms with van der Waals surface area (Å²) in [5, 5.41) is 0. The molecule has 0 heterocycles. The van der Waals surface area contributed by atoms with Gasteiger partial charge in [-0.15, -0.1) is 0 Å². The van der Waals surface area contributed by atoms with Crippen molar-refractivity contribution in [3.05, 3.63) is 63.9 Å². The zero-order valence-corrected chi connectivity index (χ0v) is 13.5. The molecular weight excluding hydrogens is 335 g/mol. The van der Waals surface area contributed by atoms with Gasteiger partial charge in [-0.2, -0.15) is 0 Å². The molecule has 1 unspecified atom stereocenters. The Morgan fingerprint density at radius 1 is 1.24 bits per heavy atom. The number of benzene rings is 2. The Bertz CT molecular complexity index is 617. The van der Waals surface area contributed by atoms with Crippen molar-refractivity contribution < 1.29 is 13.9 Å². The summed E-state index contributed by atoms with van der Waals surface area (Å²) in [6.07, 6.45) is 0.254. The second-order valence-electron chi connectivity index (χ2n) is 4.78. The molecule has 4 heteroatoms. The number of ether oxygens (including phenoxy) is 1. The van der Waals surface area contributed by atoms with Crippen molar-refractivity contribution in [3.8, 4) is 5.75 Å². The number of carbonyl (C=O) groups excluding carboxylic acids is 1. The molecule has 0 saturated heterocycles. The smallest absolute Gasteiger partial charge is 0.202 e. The molecule has 2 aromatic carbocycles. The fourth-order valence-electron chi connectivity index (χ4n) is 1.99. The Morgan fingerprint density at radius 2 is 1.90 bits per heavy atom. The van der Waals surface area contributed by atoms with Gasteiger partial charge in [0, 0.05) is 16.1 Å². The highest BCUT2D eigenvalue weighted by Crippen LogP contribution is 2.22. The van der Waals surface area contributed by atoms with E-state index in [4.69, 9.17) is 4.74 Å². The van der Waals surface area contributed by atoms with Gasteiger partial charge in [0.05, 0.1) is 0 Å². The van der Waals surface area contributed by atoms with Gasteiger partial charge in [-0.1, -0.05) is 47.1 Å². The average Bonchev–Trinajstić information content (AvgIpc) is 2.45. The van der Waals surface area contributed by atoms with Crippen LogP contribution in [-0.2, 0) is 6.42 Å². The van der Waals surface area contributed by atoms with Crippen molar-refractivity contribution in [3.63, 3.8) is 0 Å². The lowest BCUT2D eigenvalue weighted by Gasteiger charge is -2.14. The van der Waals surface area contributed by atoms with Crippen LogP contribution >= 0.6 is 15.9 Å². The van der Waals surface area contributed by atoms with Crippen LogP contribution in [-0.4, -0.2) is 11.9 Å². The molecule has 0 saturated carbocycles. The van der Waals surface area contributed by atoms with E-state index in [0.717, 1.165) is 6.42 Å². The monoisotopic (exact) mass is 350 g/mol. The highest BCUT2D eigenvalue weighted by Gasteiger charge is 2.17. The summed E-state index contributed by atoms with van der Waals surface area (Å²) in [6.45, 7) is 3.72. The molecule has 0 aromatic heterocycles. The van der Waals surface area contributed by atoms with E-state index in [1.165, 1.54) is 17.7 Å². The van der Waals surface area contributed by atoms with E-state index in [2.05, 4.69) is 22.9 Å². The molecule has 0 radical (unpaired) electrons. The summed E-state index contributed by atoms with van der Waals surface area (Å²) in [5.74, 6) is -0.211. The minimum atomic E-state index is -0.675. The summed E-state index contributed by atoms with van der Waals surface area (Å²) in [7, 11) is 0. The summed E-state index contributed by atoms with van der Waals surface area (Å²) in [4.78, 5) is 12.3. The quantitative estimate of drug-likeness (QED) is 0.724. The first kappa shape index (κ1) is 15.7. The van der Waals surface area contributed by atoms with E-state index < -0.39 is 11.9 Å². The maximum atomic E-state index is 13.3. The normalized spacial score (nSPS) is 12.0. The molecule has 0 aliphatic rings. The molecule has 1 atom stereocenters. The van der Waals surface area contributed by atoms with Gasteiger partial charge in [-0.3, -0.25) is 4.79 Å². The average molecular weight is 351 g/mol. The van der Waals surface area contributed by atoms with Gasteiger partial charge in [0.15, 0.2) is 6.10 Å². The van der Waals surface area contributed by atoms with Crippen LogP contribution in [0.25, 0.3) is 0 Å². The Labute approximate surface area is 132 Å². The molecule has 2 aromatic rings. The lowest BCUT2D eigenvalue weighted by atomic mass is 10.0. The highest BCUT2D eigenvalue weighted by atomic mass is 79.9. The second-order valence-corrected chi connectivity index (χ2v) is 5.70. The van der Waals surface area contributed by atoms with Crippen LogP contribution in [0, 0.1) is 5.82 Å². The molecule has 0 N–H and O–H groups in total. The molecule has 0 amide bonds. The number of Topliss-reactive ketones (excluding diaryl/α,β-unsaturated/α-hetero) is 1. The zero-order valence-electron chi connectivity index (χ0n) is 11.9. The molecular formula is C17H16BrFO2. The predicted molar refractivity (Wildman–Crippen MR) is 84.3 cm³/mol. The zero-order chi connectivity index (χ0) is 15.4. The van der Waals surface area contributed by atoms with Crippen LogP contribution in [0.1, 0.15) is 29.8 Å². The number of halogens is 2. The number of rotatable bonds is 5. The standard InChI is InChI=1S/C17H16BrFO2/c1-3-12-4-6-13(7-5-12)17(20)11(2)21-16-9-14(18)8-15(19)10-16/h4-11H,3H2,1-2H3. The highest BCUT2D eigenvalue weighted by molar-refractivity contribution is 9.10. The summed E-state index contributed by atoms with van der Waals surface area (Å²) < 4.78 is 19.4. The second kappa shape index (κ2) is 6.85. The first-order chi connectivity index (χ1) is 9.99. The fraction of sp³-hybridized carbons (Fsp3) is 0.235. The Hall–Kier alpha value is -1.68. The van der Waals surface area contributed by atoms with Gasteiger partial charge < -0.3 is 4.74 Å². The Kier molecular flexibility index (Phi) is 5.12. The number of ketones is 1. The van der Waals surface area contributed by atoms with Crippen LogP contribution in [0.2, 0.25) is 0 Å². The maximum Gasteiger partial charge on any atom is 0.202 e. The molecule has 110 valence electrons. The van der Waals surface area contributed by atoms with Crippen molar-refractivity contribution in [1.82, 2.24) is 0 Å². The van der Waals surface area contributed by atoms with Crippen LogP contribution in [0.3, 0.4) is 0 Å². The van der Waals surface area contributed by atoms with Crippen molar-refractivity contribution in [2.45, 2.75) is 26.4 Å². The third-order valence-corrected chi connectivity index (χ3v) is 3.62. The number of hydrogen-bond acceptors (Lipinski definition) is 2. The lowest BCUT2D eigenvalue weighted by molar-refractivity contribution is 0.0817. The SMILES string of the molecule is CCc1ccc(C(=O)C(C)Oc2cc(F)cc(Br)c2)cc1. The minimum Gasteiger partial charge on any atom is -0.482 e. The summed E-state index contributed by atoms with van der Waals surface area (Å²) in [5.41, 5.74) is 1.77. The van der Waals surface area contributed by atoms with Gasteiger partial charge in [0.2, 0.25) is 5.78 Å². The molecule has 2 rings (SSSR count). The Balaban J connectivity index is 2.11. The van der Waals surface area contributed by atoms with Gasteiger partial charge in [-0.05, 0) is 31.0 Å². The molecule has 0 aliphatic heterocycles. The lowest BCUT2D eigenvalue weighted by Crippen LogP contribution is -2.24. The van der Waals surface area contributed by atoms with Crippen molar-refractivity contribution in [1.29, 1.82) is 0 Å².